The number of aromatic carboxylic acids is 1. The zero-order valence-electron chi connectivity index (χ0n) is 10.1. The Morgan fingerprint density at radius 2 is 2.21 bits per heavy atom. The van der Waals surface area contributed by atoms with Gasteiger partial charge in [-0.05, 0) is 24.6 Å². The molecular formula is C10H11N3O4S2. The molecule has 0 saturated carbocycles. The van der Waals surface area contributed by atoms with Crippen molar-refractivity contribution in [3.8, 4) is 0 Å². The molecular weight excluding hydrogens is 290 g/mol. The first-order valence-electron chi connectivity index (χ1n) is 5.16. The number of aryl methyl sites for hydroxylation is 2. The number of sulfonamides is 1. The molecule has 0 bridgehead atoms. The van der Waals surface area contributed by atoms with E-state index in [0.717, 1.165) is 11.3 Å². The van der Waals surface area contributed by atoms with Crippen LogP contribution in [0, 0.1) is 6.92 Å². The lowest BCUT2D eigenvalue weighted by Crippen LogP contribution is -2.15. The van der Waals surface area contributed by atoms with Gasteiger partial charge in [-0.25, -0.2) is 4.79 Å². The van der Waals surface area contributed by atoms with E-state index in [1.807, 2.05) is 0 Å². The fourth-order valence-electron chi connectivity index (χ4n) is 1.55. The van der Waals surface area contributed by atoms with Crippen LogP contribution in [0.25, 0.3) is 0 Å². The number of anilines is 1. The molecule has 2 heterocycles. The molecule has 0 spiro atoms. The maximum Gasteiger partial charge on any atom is 0.346 e. The lowest BCUT2D eigenvalue weighted by Gasteiger charge is -2.05. The Bertz CT molecular complexity index is 730. The van der Waals surface area contributed by atoms with Crippen LogP contribution in [0.2, 0.25) is 0 Å². The number of aromatic nitrogens is 2. The molecule has 2 N–H and O–H groups in total. The quantitative estimate of drug-likeness (QED) is 0.886. The van der Waals surface area contributed by atoms with E-state index in [2.05, 4.69) is 9.82 Å². The SMILES string of the molecule is Cc1cc(NS(=O)(=O)c2ccnn2C)sc1C(=O)O. The second-order valence-electron chi connectivity index (χ2n) is 3.83. The van der Waals surface area contributed by atoms with Gasteiger partial charge >= 0.3 is 5.97 Å². The Hall–Kier alpha value is -1.87. The van der Waals surface area contributed by atoms with Crippen LogP contribution in [0.15, 0.2) is 23.4 Å². The molecule has 19 heavy (non-hydrogen) atoms. The number of hydrogen-bond acceptors (Lipinski definition) is 5. The van der Waals surface area contributed by atoms with Crippen LogP contribution in [0.3, 0.4) is 0 Å². The summed E-state index contributed by atoms with van der Waals surface area (Å²) in [5.74, 6) is -1.08. The minimum Gasteiger partial charge on any atom is -0.477 e. The zero-order chi connectivity index (χ0) is 14.2. The number of nitrogens with zero attached hydrogens (tertiary/aromatic N) is 2. The highest BCUT2D eigenvalue weighted by Crippen LogP contribution is 2.28. The molecule has 102 valence electrons. The van der Waals surface area contributed by atoms with Crippen molar-refractivity contribution in [1.82, 2.24) is 9.78 Å². The molecule has 0 unspecified atom stereocenters. The van der Waals surface area contributed by atoms with Crippen molar-refractivity contribution in [2.75, 3.05) is 4.72 Å². The molecule has 0 aliphatic rings. The molecule has 0 aliphatic carbocycles. The molecule has 0 saturated heterocycles. The smallest absolute Gasteiger partial charge is 0.346 e. The maximum atomic E-state index is 12.1. The van der Waals surface area contributed by atoms with Crippen molar-refractivity contribution in [1.29, 1.82) is 0 Å². The van der Waals surface area contributed by atoms with Crippen molar-refractivity contribution in [3.05, 3.63) is 28.8 Å². The summed E-state index contributed by atoms with van der Waals surface area (Å²) >= 11 is 0.878. The molecule has 0 fully saturated rings. The number of carboxylic acid groups (broad SMARTS) is 1. The summed E-state index contributed by atoms with van der Waals surface area (Å²) in [7, 11) is -2.25. The predicted molar refractivity (Wildman–Crippen MR) is 70.0 cm³/mol. The lowest BCUT2D eigenvalue weighted by molar-refractivity contribution is 0.0701. The summed E-state index contributed by atoms with van der Waals surface area (Å²) in [5.41, 5.74) is 0.514. The second-order valence-corrected chi connectivity index (χ2v) is 6.51. The monoisotopic (exact) mass is 301 g/mol. The van der Waals surface area contributed by atoms with E-state index in [0.29, 0.717) is 5.56 Å². The van der Waals surface area contributed by atoms with E-state index in [1.165, 1.54) is 30.1 Å². The van der Waals surface area contributed by atoms with Crippen molar-refractivity contribution in [2.45, 2.75) is 11.9 Å². The van der Waals surface area contributed by atoms with E-state index in [1.54, 1.807) is 6.92 Å². The average Bonchev–Trinajstić information content (AvgIpc) is 2.84. The van der Waals surface area contributed by atoms with Gasteiger partial charge in [0.1, 0.15) is 9.88 Å². The summed E-state index contributed by atoms with van der Waals surface area (Å²) in [4.78, 5) is 11.0. The van der Waals surface area contributed by atoms with Crippen LogP contribution in [0.4, 0.5) is 5.00 Å². The zero-order valence-corrected chi connectivity index (χ0v) is 11.7. The van der Waals surface area contributed by atoms with Gasteiger partial charge in [-0.15, -0.1) is 11.3 Å². The molecule has 0 amide bonds. The summed E-state index contributed by atoms with van der Waals surface area (Å²) in [5, 5.41) is 13.0. The van der Waals surface area contributed by atoms with Crippen LogP contribution in [0.5, 0.6) is 0 Å². The highest BCUT2D eigenvalue weighted by atomic mass is 32.2. The van der Waals surface area contributed by atoms with E-state index >= 15 is 0 Å². The first kappa shape index (κ1) is 13.6. The topological polar surface area (TPSA) is 101 Å². The number of carboxylic acids is 1. The summed E-state index contributed by atoms with van der Waals surface area (Å²) < 4.78 is 27.7. The van der Waals surface area contributed by atoms with E-state index in [9.17, 15) is 13.2 Å². The van der Waals surface area contributed by atoms with Crippen molar-refractivity contribution in [3.63, 3.8) is 0 Å². The molecule has 9 heteroatoms. The van der Waals surface area contributed by atoms with Gasteiger partial charge in [-0.3, -0.25) is 9.40 Å². The molecule has 0 aromatic carbocycles. The van der Waals surface area contributed by atoms with E-state index in [4.69, 9.17) is 5.11 Å². The normalized spacial score (nSPS) is 11.5. The Balaban J connectivity index is 2.34. The molecule has 2 aromatic heterocycles. The Morgan fingerprint density at radius 1 is 1.53 bits per heavy atom. The molecule has 7 nitrogen and oxygen atoms in total. The van der Waals surface area contributed by atoms with Crippen LogP contribution in [-0.2, 0) is 17.1 Å². The highest BCUT2D eigenvalue weighted by molar-refractivity contribution is 7.92. The van der Waals surface area contributed by atoms with Crippen LogP contribution >= 0.6 is 11.3 Å². The Morgan fingerprint density at radius 3 is 2.68 bits per heavy atom. The number of carbonyl (C=O) groups is 1. The first-order chi connectivity index (χ1) is 8.81. The van der Waals surface area contributed by atoms with Crippen LogP contribution in [0.1, 0.15) is 15.2 Å². The summed E-state index contributed by atoms with van der Waals surface area (Å²) in [6.45, 7) is 1.61. The van der Waals surface area contributed by atoms with Crippen LogP contribution < -0.4 is 4.72 Å². The number of thiophene rings is 1. The first-order valence-corrected chi connectivity index (χ1v) is 7.46. The van der Waals surface area contributed by atoms with Crippen molar-refractivity contribution < 1.29 is 18.3 Å². The Kier molecular flexibility index (Phi) is 3.33. The maximum absolute atomic E-state index is 12.1. The minimum atomic E-state index is -3.76. The standard InChI is InChI=1S/C10H11N3O4S2/c1-6-5-7(18-9(6)10(14)15)12-19(16,17)8-3-4-11-13(8)2/h3-5,12H,1-2H3,(H,14,15). The molecule has 0 atom stereocenters. The van der Waals surface area contributed by atoms with Gasteiger partial charge in [-0.2, -0.15) is 13.5 Å². The Labute approximate surface area is 113 Å². The fourth-order valence-corrected chi connectivity index (χ4v) is 3.88. The molecule has 2 aromatic rings. The average molecular weight is 301 g/mol. The number of nitrogens with one attached hydrogen (secondary N) is 1. The second kappa shape index (κ2) is 4.67. The van der Waals surface area contributed by atoms with Gasteiger partial charge in [0.2, 0.25) is 0 Å². The van der Waals surface area contributed by atoms with Gasteiger partial charge in [0, 0.05) is 7.05 Å². The number of hydrogen-bond donors (Lipinski definition) is 2. The van der Waals surface area contributed by atoms with Gasteiger partial charge in [0.05, 0.1) is 6.20 Å². The van der Waals surface area contributed by atoms with E-state index in [-0.39, 0.29) is 14.9 Å². The summed E-state index contributed by atoms with van der Waals surface area (Å²) in [6, 6.07) is 2.85. The predicted octanol–water partition coefficient (Wildman–Crippen LogP) is 1.29. The molecule has 2 rings (SSSR count). The van der Waals surface area contributed by atoms with Gasteiger partial charge in [-0.1, -0.05) is 0 Å². The third-order valence-electron chi connectivity index (χ3n) is 2.40. The third-order valence-corrected chi connectivity index (χ3v) is 5.11. The van der Waals surface area contributed by atoms with Crippen LogP contribution in [-0.4, -0.2) is 29.3 Å². The van der Waals surface area contributed by atoms with Crippen molar-refractivity contribution >= 4 is 32.3 Å². The number of rotatable bonds is 4. The summed E-state index contributed by atoms with van der Waals surface area (Å²) in [6.07, 6.45) is 1.37. The molecule has 0 aliphatic heterocycles. The van der Waals surface area contributed by atoms with Gasteiger partial charge in [0.25, 0.3) is 10.0 Å². The van der Waals surface area contributed by atoms with E-state index < -0.39 is 16.0 Å². The minimum absolute atomic E-state index is 0.00966. The fraction of sp³-hybridized carbons (Fsp3) is 0.200. The lowest BCUT2D eigenvalue weighted by atomic mass is 10.3. The van der Waals surface area contributed by atoms with Gasteiger partial charge < -0.3 is 5.11 Å². The van der Waals surface area contributed by atoms with Crippen molar-refractivity contribution in [2.24, 2.45) is 7.05 Å². The molecule has 0 radical (unpaired) electrons. The highest BCUT2D eigenvalue weighted by Gasteiger charge is 2.20. The third kappa shape index (κ3) is 2.61. The van der Waals surface area contributed by atoms with Gasteiger partial charge in [0.15, 0.2) is 5.03 Å². The largest absolute Gasteiger partial charge is 0.477 e.